The van der Waals surface area contributed by atoms with Crippen LogP contribution >= 0.6 is 0 Å². The van der Waals surface area contributed by atoms with Crippen molar-refractivity contribution < 1.29 is 65.9 Å². The molecule has 0 amide bonds. The zero-order valence-corrected chi connectivity index (χ0v) is 40.2. The zero-order chi connectivity index (χ0) is 49.4. The lowest BCUT2D eigenvalue weighted by atomic mass is 9.84. The molecule has 15 heteroatoms. The first-order chi connectivity index (χ1) is 30.1. The molecule has 0 aromatic heterocycles. The highest BCUT2D eigenvalue weighted by Crippen LogP contribution is 2.51. The van der Waals surface area contributed by atoms with Gasteiger partial charge < -0.3 is 29.2 Å². The van der Waals surface area contributed by atoms with Gasteiger partial charge in [0, 0.05) is 31.9 Å². The summed E-state index contributed by atoms with van der Waals surface area (Å²) in [5.74, 6) is -0.0393. The molecule has 354 valence electrons. The Morgan fingerprint density at radius 1 is 0.662 bits per heavy atom. The summed E-state index contributed by atoms with van der Waals surface area (Å²) in [6, 6.07) is 20.9. The van der Waals surface area contributed by atoms with Crippen molar-refractivity contribution in [3.05, 3.63) is 101 Å². The third-order valence-corrected chi connectivity index (χ3v) is 9.83. The van der Waals surface area contributed by atoms with E-state index in [0.29, 0.717) is 11.5 Å². The van der Waals surface area contributed by atoms with Crippen LogP contribution in [0.5, 0.6) is 23.0 Å². The minimum atomic E-state index is -4.67. The third-order valence-electron chi connectivity index (χ3n) is 9.83. The molecule has 4 N–H and O–H groups in total. The van der Waals surface area contributed by atoms with Gasteiger partial charge in [-0.25, -0.2) is 0 Å². The van der Waals surface area contributed by atoms with Crippen molar-refractivity contribution in [1.29, 1.82) is 0 Å². The molecule has 0 saturated heterocycles. The number of carboxylic acid groups (broad SMARTS) is 1. The topological polar surface area (TPSA) is 220 Å². The van der Waals surface area contributed by atoms with Crippen LogP contribution in [0.15, 0.2) is 60.7 Å². The van der Waals surface area contributed by atoms with E-state index in [9.17, 15) is 19.5 Å². The number of fused-ring (bicyclic) bond motifs is 6. The number of carboxylic acids is 1. The monoisotopic (exact) mass is 921 g/mol. The van der Waals surface area contributed by atoms with E-state index in [-0.39, 0.29) is 11.6 Å². The number of rotatable bonds is 9. The molecule has 0 bridgehead atoms. The van der Waals surface area contributed by atoms with Crippen LogP contribution in [0, 0.1) is 20.8 Å². The number of aromatic hydroxyl groups is 1. The van der Waals surface area contributed by atoms with Crippen LogP contribution in [0.1, 0.15) is 134 Å². The molecule has 0 saturated carbocycles. The zero-order valence-electron chi connectivity index (χ0n) is 39.4. The van der Waals surface area contributed by atoms with Gasteiger partial charge in [-0.3, -0.25) is 23.5 Å². The van der Waals surface area contributed by atoms with E-state index in [1.165, 1.54) is 43.7 Å². The third kappa shape index (κ3) is 18.2. The molecular weight excluding hydrogens is 857 g/mol. The second-order valence-corrected chi connectivity index (χ2v) is 17.6. The average Bonchev–Trinajstić information content (AvgIpc) is 3.13. The predicted octanol–water partition coefficient (Wildman–Crippen LogP) is 11.0. The largest absolute Gasteiger partial charge is 0.507 e. The van der Waals surface area contributed by atoms with Gasteiger partial charge in [-0.15, -0.1) is 0 Å². The number of benzene rings is 4. The molecule has 0 spiro atoms. The number of carbonyl (C=O) groups is 4. The van der Waals surface area contributed by atoms with Crippen molar-refractivity contribution in [2.75, 3.05) is 0 Å². The number of carbonyl (C=O) groups excluding carboxylic acids is 3. The maximum Gasteiger partial charge on any atom is 0.501 e. The molecule has 0 unspecified atom stereocenters. The quantitative estimate of drug-likeness (QED) is 0.0306. The number of phenolic OH excluding ortho intramolecular Hbond substituents is 1. The van der Waals surface area contributed by atoms with E-state index in [0.717, 1.165) is 95.5 Å². The van der Waals surface area contributed by atoms with Gasteiger partial charge in [0.15, 0.2) is 6.92 Å². The molecule has 14 nitrogen and oxygen atoms in total. The second kappa shape index (κ2) is 24.4. The summed E-state index contributed by atoms with van der Waals surface area (Å²) in [6.45, 7) is 23.4. The van der Waals surface area contributed by atoms with Crippen molar-refractivity contribution in [2.45, 2.75) is 139 Å². The van der Waals surface area contributed by atoms with Gasteiger partial charge in [0.25, 0.3) is 5.97 Å². The lowest BCUT2D eigenvalue weighted by Crippen LogP contribution is -2.29. The number of hydrogen-bond acceptors (Lipinski definition) is 11. The summed E-state index contributed by atoms with van der Waals surface area (Å²) in [6.07, 6.45) is 8.99. The molecule has 65 heavy (non-hydrogen) atoms. The number of hydrogen-bond donors (Lipinski definition) is 4. The molecule has 0 aliphatic carbocycles. The maximum atomic E-state index is 11.7. The number of aliphatic carboxylic acids is 1. The number of aryl methyl sites for hydroxylation is 4. The smallest absolute Gasteiger partial charge is 0.501 e. The Hall–Kier alpha value is -5.90. The first-order valence-corrected chi connectivity index (χ1v) is 22.8. The maximum absolute atomic E-state index is 11.7. The molecule has 2 aliphatic rings. The number of esters is 3. The van der Waals surface area contributed by atoms with E-state index in [2.05, 4.69) is 116 Å². The van der Waals surface area contributed by atoms with Crippen LogP contribution in [0.2, 0.25) is 0 Å². The van der Waals surface area contributed by atoms with Crippen molar-refractivity contribution in [3.8, 4) is 45.3 Å². The van der Waals surface area contributed by atoms with Crippen LogP contribution in [0.4, 0.5) is 0 Å². The average molecular weight is 922 g/mol. The fraction of sp³-hybridized carbons (Fsp3) is 0.420. The van der Waals surface area contributed by atoms with E-state index in [1.54, 1.807) is 0 Å². The van der Waals surface area contributed by atoms with E-state index in [1.807, 2.05) is 12.1 Å². The van der Waals surface area contributed by atoms with Gasteiger partial charge in [-0.2, -0.15) is 13.2 Å². The Kier molecular flexibility index (Phi) is 20.7. The van der Waals surface area contributed by atoms with E-state index >= 15 is 0 Å². The summed E-state index contributed by atoms with van der Waals surface area (Å²) in [5.41, 5.74) is 10.0. The molecule has 4 aromatic carbocycles. The summed E-state index contributed by atoms with van der Waals surface area (Å²) in [4.78, 5) is 40.2. The van der Waals surface area contributed by atoms with Gasteiger partial charge >= 0.3 is 28.3 Å². The SMILES string of the molecule is CC(=O)O.CCCCCc1cc(O)c2c(c1)OC(C)(C)c1ccc(C)cc1-2.CCCCCc1cc(OC(C)=O)c2c(c1)OC(C)(C)c1ccc(C)cc1-2.O=S(=O)(O)O.[CH2+]C(=O)OC(C)=O. The number of unbranched alkanes of at least 4 members (excludes halogenated alkanes) is 4. The molecule has 0 fully saturated rings. The molecule has 2 aliphatic heterocycles. The van der Waals surface area contributed by atoms with Gasteiger partial charge in [0.2, 0.25) is 0 Å². The summed E-state index contributed by atoms with van der Waals surface area (Å²) in [5, 5.41) is 18.0. The normalized spacial score (nSPS) is 13.0. The Labute approximate surface area is 383 Å². The predicted molar refractivity (Wildman–Crippen MR) is 250 cm³/mol. The van der Waals surface area contributed by atoms with Gasteiger partial charge in [-0.1, -0.05) is 87.1 Å². The van der Waals surface area contributed by atoms with Crippen molar-refractivity contribution in [1.82, 2.24) is 0 Å². The van der Waals surface area contributed by atoms with Crippen molar-refractivity contribution in [3.63, 3.8) is 0 Å². The van der Waals surface area contributed by atoms with Crippen LogP contribution in [-0.4, -0.2) is 51.6 Å². The van der Waals surface area contributed by atoms with Crippen molar-refractivity contribution in [2.24, 2.45) is 0 Å². The summed E-state index contributed by atoms with van der Waals surface area (Å²) < 4.78 is 53.7. The highest BCUT2D eigenvalue weighted by atomic mass is 32.3. The molecule has 4 aromatic rings. The number of ether oxygens (including phenoxy) is 4. The lowest BCUT2D eigenvalue weighted by Gasteiger charge is -2.36. The van der Waals surface area contributed by atoms with Crippen molar-refractivity contribution >= 4 is 34.3 Å². The van der Waals surface area contributed by atoms with Gasteiger partial charge in [-0.05, 0) is 114 Å². The molecule has 0 radical (unpaired) electrons. The molecule has 2 heterocycles. The van der Waals surface area contributed by atoms with Crippen LogP contribution in [0.3, 0.4) is 0 Å². The van der Waals surface area contributed by atoms with Crippen LogP contribution in [-0.2, 0) is 58.4 Å². The highest BCUT2D eigenvalue weighted by Gasteiger charge is 2.36. The second-order valence-electron chi connectivity index (χ2n) is 16.7. The van der Waals surface area contributed by atoms with Crippen LogP contribution in [0.25, 0.3) is 22.3 Å². The van der Waals surface area contributed by atoms with Crippen LogP contribution < -0.4 is 14.2 Å². The van der Waals surface area contributed by atoms with Gasteiger partial charge in [0.05, 0.1) is 11.1 Å². The number of phenols is 1. The fourth-order valence-electron chi connectivity index (χ4n) is 7.28. The first-order valence-electron chi connectivity index (χ1n) is 21.4. The summed E-state index contributed by atoms with van der Waals surface area (Å²) >= 11 is 0. The Morgan fingerprint density at radius 2 is 1.06 bits per heavy atom. The standard InChI is InChI=1S/C23H28O3.C21H26O2.C4H5O3.C2H4O2.H2O4S/c1-6-7-8-9-17-13-20(25-16(3)24)22-18-12-15(2)10-11-19(18)23(4,5)26-21(22)14-17;1-5-6-7-8-15-12-18(22)20-16-11-14(2)9-10-17(16)21(3,4)23-19(20)13-15;1-3(5)7-4(2)6;1-2(3)4;1-5(2,3)4/h10-14H,6-9H2,1-5H3;9-13,22H,5-8H2,1-4H3;1H2,2H3;1H3,(H,3,4);(H2,1,2,3,4)/q;;+1;;. The Bertz CT molecular complexity index is 2390. The summed E-state index contributed by atoms with van der Waals surface area (Å²) in [7, 11) is -4.67. The Morgan fingerprint density at radius 3 is 1.43 bits per heavy atom. The fourth-order valence-corrected chi connectivity index (χ4v) is 7.28. The van der Waals surface area contributed by atoms with E-state index < -0.39 is 33.9 Å². The molecule has 6 rings (SSSR count). The molecular formula is C50H65O14S+. The minimum absolute atomic E-state index is 0.308. The Balaban J connectivity index is 0.000000337. The first kappa shape index (κ1) is 55.2. The van der Waals surface area contributed by atoms with Gasteiger partial charge in [0.1, 0.15) is 34.2 Å². The van der Waals surface area contributed by atoms with E-state index in [4.69, 9.17) is 41.6 Å². The molecule has 0 atom stereocenters. The highest BCUT2D eigenvalue weighted by molar-refractivity contribution is 7.79. The lowest BCUT2D eigenvalue weighted by molar-refractivity contribution is -0.154. The minimum Gasteiger partial charge on any atom is -0.507 e.